The van der Waals surface area contributed by atoms with E-state index in [1.807, 2.05) is 6.92 Å². The molecule has 0 bridgehead atoms. The first-order valence-corrected chi connectivity index (χ1v) is 5.27. The van der Waals surface area contributed by atoms with Gasteiger partial charge >= 0.3 is 5.97 Å². The molecule has 0 aliphatic carbocycles. The molecule has 1 atom stereocenters. The molecule has 0 spiro atoms. The van der Waals surface area contributed by atoms with Crippen LogP contribution >= 0.6 is 0 Å². The molecule has 0 aliphatic rings. The van der Waals surface area contributed by atoms with Gasteiger partial charge in [0.1, 0.15) is 0 Å². The molecule has 2 N–H and O–H groups in total. The fourth-order valence-corrected chi connectivity index (χ4v) is 1.24. The third kappa shape index (κ3) is 5.92. The van der Waals surface area contributed by atoms with Crippen molar-refractivity contribution in [3.05, 3.63) is 11.6 Å². The predicted octanol–water partition coefficient (Wildman–Crippen LogP) is 1.80. The van der Waals surface area contributed by atoms with Crippen LogP contribution in [0.1, 0.15) is 33.1 Å². The third-order valence-electron chi connectivity index (χ3n) is 2.15. The van der Waals surface area contributed by atoms with E-state index in [1.54, 1.807) is 6.08 Å². The lowest BCUT2D eigenvalue weighted by Crippen LogP contribution is -2.27. The molecule has 0 saturated heterocycles. The second-order valence-corrected chi connectivity index (χ2v) is 3.30. The fraction of sp³-hybridized carbons (Fsp3) is 0.583. The van der Waals surface area contributed by atoms with Crippen LogP contribution < -0.4 is 5.32 Å². The van der Waals surface area contributed by atoms with Crippen molar-refractivity contribution in [1.29, 1.82) is 0 Å². The summed E-state index contributed by atoms with van der Waals surface area (Å²) in [7, 11) is 0. The Bertz CT molecular complexity index is 263. The van der Waals surface area contributed by atoms with Crippen molar-refractivity contribution in [2.24, 2.45) is 0 Å². The van der Waals surface area contributed by atoms with Crippen molar-refractivity contribution < 1.29 is 9.90 Å². The maximum absolute atomic E-state index is 10.7. The minimum atomic E-state index is -0.855. The Morgan fingerprint density at radius 2 is 2.27 bits per heavy atom. The summed E-state index contributed by atoms with van der Waals surface area (Å²) in [5.74, 6) is 1.78. The molecule has 0 saturated carbocycles. The summed E-state index contributed by atoms with van der Waals surface area (Å²) in [6.45, 7) is 4.41. The highest BCUT2D eigenvalue weighted by Gasteiger charge is 2.04. The molecule has 3 heteroatoms. The van der Waals surface area contributed by atoms with Crippen molar-refractivity contribution in [2.45, 2.75) is 39.2 Å². The topological polar surface area (TPSA) is 49.3 Å². The molecule has 0 aromatic heterocycles. The minimum absolute atomic E-state index is 0.0400. The van der Waals surface area contributed by atoms with Crippen LogP contribution in [0.15, 0.2) is 11.6 Å². The van der Waals surface area contributed by atoms with Crippen LogP contribution in [0.25, 0.3) is 0 Å². The van der Waals surface area contributed by atoms with E-state index < -0.39 is 5.97 Å². The number of carboxylic acids is 1. The molecular weight excluding hydrogens is 190 g/mol. The first-order valence-electron chi connectivity index (χ1n) is 5.27. The first-order chi connectivity index (χ1) is 7.15. The zero-order valence-corrected chi connectivity index (χ0v) is 9.42. The number of nitrogens with one attached hydrogen (secondary N) is 1. The zero-order valence-electron chi connectivity index (χ0n) is 9.42. The van der Waals surface area contributed by atoms with Crippen molar-refractivity contribution in [3.63, 3.8) is 0 Å². The lowest BCUT2D eigenvalue weighted by Gasteiger charge is -2.09. The fourth-order valence-electron chi connectivity index (χ4n) is 1.24. The van der Waals surface area contributed by atoms with Crippen LogP contribution in [0, 0.1) is 12.3 Å². The number of carbonyl (C=O) groups is 1. The highest BCUT2D eigenvalue weighted by molar-refractivity contribution is 5.86. The molecule has 84 valence electrons. The van der Waals surface area contributed by atoms with E-state index in [0.717, 1.165) is 12.8 Å². The lowest BCUT2D eigenvalue weighted by atomic mass is 10.1. The Morgan fingerprint density at radius 1 is 1.60 bits per heavy atom. The van der Waals surface area contributed by atoms with E-state index in [4.69, 9.17) is 11.5 Å². The van der Waals surface area contributed by atoms with E-state index in [1.165, 1.54) is 0 Å². The van der Waals surface area contributed by atoms with Gasteiger partial charge in [-0.05, 0) is 12.8 Å². The Balaban J connectivity index is 4.04. The van der Waals surface area contributed by atoms with Gasteiger partial charge < -0.3 is 10.4 Å². The van der Waals surface area contributed by atoms with Crippen molar-refractivity contribution in [2.75, 3.05) is 6.54 Å². The van der Waals surface area contributed by atoms with Crippen LogP contribution in [0.4, 0.5) is 0 Å². The van der Waals surface area contributed by atoms with E-state index in [9.17, 15) is 4.79 Å². The number of rotatable bonds is 7. The van der Waals surface area contributed by atoms with Gasteiger partial charge in [0.05, 0.1) is 6.04 Å². The van der Waals surface area contributed by atoms with Crippen LogP contribution in [-0.2, 0) is 4.79 Å². The van der Waals surface area contributed by atoms with Crippen LogP contribution in [0.3, 0.4) is 0 Å². The second-order valence-electron chi connectivity index (χ2n) is 3.30. The molecular formula is C12H19NO2. The maximum Gasteiger partial charge on any atom is 0.331 e. The van der Waals surface area contributed by atoms with Gasteiger partial charge in [-0.1, -0.05) is 32.3 Å². The summed E-state index contributed by atoms with van der Waals surface area (Å²) in [4.78, 5) is 10.7. The first kappa shape index (κ1) is 13.7. The molecule has 0 aromatic rings. The average Bonchev–Trinajstić information content (AvgIpc) is 2.22. The zero-order chi connectivity index (χ0) is 11.7. The predicted molar refractivity (Wildman–Crippen MR) is 61.5 cm³/mol. The molecule has 0 fully saturated rings. The number of terminal acetylenes is 1. The lowest BCUT2D eigenvalue weighted by molar-refractivity contribution is -0.132. The van der Waals surface area contributed by atoms with E-state index in [-0.39, 0.29) is 6.04 Å². The SMILES string of the molecule is C#CC(CCC)NC/C=C(/CC)C(=O)O. The third-order valence-corrected chi connectivity index (χ3v) is 2.15. The number of aliphatic carboxylic acids is 1. The standard InChI is InChI=1S/C12H19NO2/c1-4-7-11(6-3)13-9-8-10(5-2)12(14)15/h3,8,11,13H,4-5,7,9H2,1-2H3,(H,14,15)/b10-8-. The summed E-state index contributed by atoms with van der Waals surface area (Å²) in [6.07, 6.45) is 9.47. The molecule has 3 nitrogen and oxygen atoms in total. The van der Waals surface area contributed by atoms with Gasteiger partial charge in [0, 0.05) is 12.1 Å². The number of hydrogen-bond acceptors (Lipinski definition) is 2. The average molecular weight is 209 g/mol. The van der Waals surface area contributed by atoms with Gasteiger partial charge in [-0.25, -0.2) is 4.79 Å². The summed E-state index contributed by atoms with van der Waals surface area (Å²) < 4.78 is 0. The van der Waals surface area contributed by atoms with Gasteiger partial charge in [0.15, 0.2) is 0 Å². The molecule has 1 unspecified atom stereocenters. The number of carboxylic acid groups (broad SMARTS) is 1. The Hall–Kier alpha value is -1.27. The van der Waals surface area contributed by atoms with Gasteiger partial charge in [0.25, 0.3) is 0 Å². The minimum Gasteiger partial charge on any atom is -0.478 e. The molecule has 0 radical (unpaired) electrons. The largest absolute Gasteiger partial charge is 0.478 e. The van der Waals surface area contributed by atoms with Gasteiger partial charge in [0.2, 0.25) is 0 Å². The van der Waals surface area contributed by atoms with Crippen LogP contribution in [-0.4, -0.2) is 23.7 Å². The Labute approximate surface area is 91.6 Å². The molecule has 15 heavy (non-hydrogen) atoms. The number of hydrogen-bond donors (Lipinski definition) is 2. The highest BCUT2D eigenvalue weighted by Crippen LogP contribution is 2.00. The second kappa shape index (κ2) is 8.07. The monoisotopic (exact) mass is 209 g/mol. The van der Waals surface area contributed by atoms with Crippen molar-refractivity contribution in [3.8, 4) is 12.3 Å². The molecule has 0 aliphatic heterocycles. The molecule has 0 aromatic carbocycles. The summed E-state index contributed by atoms with van der Waals surface area (Å²) in [6, 6.07) is 0.0400. The summed E-state index contributed by atoms with van der Waals surface area (Å²) in [5.41, 5.74) is 0.426. The molecule has 0 amide bonds. The van der Waals surface area contributed by atoms with Crippen molar-refractivity contribution >= 4 is 5.97 Å². The summed E-state index contributed by atoms with van der Waals surface area (Å²) >= 11 is 0. The molecule has 0 rings (SSSR count). The van der Waals surface area contributed by atoms with Gasteiger partial charge in [-0.15, -0.1) is 6.42 Å². The van der Waals surface area contributed by atoms with Crippen LogP contribution in [0.5, 0.6) is 0 Å². The normalized spacial score (nSPS) is 13.3. The molecule has 0 heterocycles. The van der Waals surface area contributed by atoms with Gasteiger partial charge in [-0.2, -0.15) is 0 Å². The maximum atomic E-state index is 10.7. The van der Waals surface area contributed by atoms with Crippen LogP contribution in [0.2, 0.25) is 0 Å². The van der Waals surface area contributed by atoms with E-state index in [2.05, 4.69) is 18.2 Å². The van der Waals surface area contributed by atoms with E-state index >= 15 is 0 Å². The Kier molecular flexibility index (Phi) is 7.39. The van der Waals surface area contributed by atoms with Gasteiger partial charge in [-0.3, -0.25) is 0 Å². The highest BCUT2D eigenvalue weighted by atomic mass is 16.4. The van der Waals surface area contributed by atoms with Crippen molar-refractivity contribution in [1.82, 2.24) is 5.32 Å². The summed E-state index contributed by atoms with van der Waals surface area (Å²) in [5, 5.41) is 11.9. The quantitative estimate of drug-likeness (QED) is 0.496. The smallest absolute Gasteiger partial charge is 0.331 e. The Morgan fingerprint density at radius 3 is 2.67 bits per heavy atom. The van der Waals surface area contributed by atoms with E-state index in [0.29, 0.717) is 18.5 Å².